The van der Waals surface area contributed by atoms with Gasteiger partial charge in [-0.05, 0) is 26.0 Å². The highest BCUT2D eigenvalue weighted by molar-refractivity contribution is 5.77. The lowest BCUT2D eigenvalue weighted by Crippen LogP contribution is -2.31. The van der Waals surface area contributed by atoms with Crippen molar-refractivity contribution < 1.29 is 14.3 Å². The Balaban J connectivity index is 2.17. The Morgan fingerprint density at radius 2 is 2.00 bits per heavy atom. The second-order valence-electron chi connectivity index (χ2n) is 3.65. The first kappa shape index (κ1) is 13.5. The number of amides is 1. The number of rotatable bonds is 7. The molecule has 0 saturated carbocycles. The van der Waals surface area contributed by atoms with Crippen LogP contribution < -0.4 is 10.1 Å². The molecule has 1 aromatic rings. The maximum Gasteiger partial charge on any atom is 0.258 e. The lowest BCUT2D eigenvalue weighted by atomic mass is 10.2. The number of hydrogen-bond donors (Lipinski definition) is 1. The van der Waals surface area contributed by atoms with Crippen LogP contribution in [0, 0.1) is 6.92 Å². The fourth-order valence-electron chi connectivity index (χ4n) is 1.24. The van der Waals surface area contributed by atoms with Crippen LogP contribution in [0.15, 0.2) is 24.3 Å². The number of carbonyl (C=O) groups excluding carboxylic acids is 1. The molecule has 94 valence electrons. The highest BCUT2D eigenvalue weighted by Crippen LogP contribution is 2.10. The second-order valence-corrected chi connectivity index (χ2v) is 3.65. The van der Waals surface area contributed by atoms with Gasteiger partial charge in [-0.15, -0.1) is 0 Å². The van der Waals surface area contributed by atoms with Crippen molar-refractivity contribution in [3.8, 4) is 5.75 Å². The Labute approximate surface area is 102 Å². The van der Waals surface area contributed by atoms with Gasteiger partial charge in [-0.3, -0.25) is 4.79 Å². The van der Waals surface area contributed by atoms with E-state index in [1.165, 1.54) is 5.56 Å². The third kappa shape index (κ3) is 5.92. The molecule has 0 bridgehead atoms. The van der Waals surface area contributed by atoms with Gasteiger partial charge >= 0.3 is 0 Å². The summed E-state index contributed by atoms with van der Waals surface area (Å²) < 4.78 is 10.4. The molecule has 4 nitrogen and oxygen atoms in total. The van der Waals surface area contributed by atoms with E-state index < -0.39 is 0 Å². The maximum atomic E-state index is 11.4. The van der Waals surface area contributed by atoms with Crippen molar-refractivity contribution in [2.75, 3.05) is 26.4 Å². The molecule has 0 saturated heterocycles. The molecule has 0 unspecified atom stereocenters. The molecule has 1 rings (SSSR count). The molecule has 0 radical (unpaired) electrons. The summed E-state index contributed by atoms with van der Waals surface area (Å²) in [5.74, 6) is 0.570. The van der Waals surface area contributed by atoms with Gasteiger partial charge in [0.05, 0.1) is 6.61 Å². The predicted molar refractivity (Wildman–Crippen MR) is 66.2 cm³/mol. The van der Waals surface area contributed by atoms with Crippen molar-refractivity contribution in [1.82, 2.24) is 5.32 Å². The third-order valence-corrected chi connectivity index (χ3v) is 2.16. The average molecular weight is 237 g/mol. The molecule has 0 atom stereocenters. The van der Waals surface area contributed by atoms with Gasteiger partial charge < -0.3 is 14.8 Å². The molecule has 1 aromatic carbocycles. The number of ether oxygens (including phenoxy) is 2. The Morgan fingerprint density at radius 3 is 2.65 bits per heavy atom. The van der Waals surface area contributed by atoms with Crippen LogP contribution in [0.3, 0.4) is 0 Å². The quantitative estimate of drug-likeness (QED) is 0.731. The van der Waals surface area contributed by atoms with Crippen LogP contribution in [0.2, 0.25) is 0 Å². The van der Waals surface area contributed by atoms with Crippen LogP contribution in [0.4, 0.5) is 0 Å². The van der Waals surface area contributed by atoms with Crippen molar-refractivity contribution in [3.63, 3.8) is 0 Å². The van der Waals surface area contributed by atoms with E-state index in [1.807, 2.05) is 38.1 Å². The average Bonchev–Trinajstić information content (AvgIpc) is 2.34. The van der Waals surface area contributed by atoms with Gasteiger partial charge in [0.2, 0.25) is 0 Å². The fourth-order valence-corrected chi connectivity index (χ4v) is 1.24. The zero-order valence-corrected chi connectivity index (χ0v) is 10.4. The van der Waals surface area contributed by atoms with Crippen molar-refractivity contribution in [1.29, 1.82) is 0 Å². The highest BCUT2D eigenvalue weighted by Gasteiger charge is 2.01. The Morgan fingerprint density at radius 1 is 1.29 bits per heavy atom. The van der Waals surface area contributed by atoms with E-state index in [9.17, 15) is 4.79 Å². The van der Waals surface area contributed by atoms with Gasteiger partial charge in [-0.2, -0.15) is 0 Å². The molecule has 0 aromatic heterocycles. The zero-order chi connectivity index (χ0) is 12.5. The van der Waals surface area contributed by atoms with Gasteiger partial charge in [-0.25, -0.2) is 0 Å². The fraction of sp³-hybridized carbons (Fsp3) is 0.462. The first-order valence-corrected chi connectivity index (χ1v) is 5.76. The third-order valence-electron chi connectivity index (χ3n) is 2.16. The van der Waals surface area contributed by atoms with E-state index in [0.29, 0.717) is 25.5 Å². The first-order chi connectivity index (χ1) is 8.22. The normalized spacial score (nSPS) is 10.0. The first-order valence-electron chi connectivity index (χ1n) is 5.76. The van der Waals surface area contributed by atoms with Crippen LogP contribution >= 0.6 is 0 Å². The Hall–Kier alpha value is -1.55. The smallest absolute Gasteiger partial charge is 0.258 e. The van der Waals surface area contributed by atoms with E-state index >= 15 is 0 Å². The van der Waals surface area contributed by atoms with Gasteiger partial charge in [0.15, 0.2) is 6.61 Å². The standard InChI is InChI=1S/C13H19NO3/c1-3-16-9-8-14-13(15)10-17-12-6-4-11(2)5-7-12/h4-7H,3,8-10H2,1-2H3,(H,14,15). The van der Waals surface area contributed by atoms with Crippen LogP contribution in [0.25, 0.3) is 0 Å². The lowest BCUT2D eigenvalue weighted by Gasteiger charge is -2.07. The highest BCUT2D eigenvalue weighted by atomic mass is 16.5. The number of aryl methyl sites for hydroxylation is 1. The number of carbonyl (C=O) groups is 1. The van der Waals surface area contributed by atoms with E-state index in [-0.39, 0.29) is 12.5 Å². The monoisotopic (exact) mass is 237 g/mol. The van der Waals surface area contributed by atoms with Gasteiger partial charge in [0.1, 0.15) is 5.75 Å². The lowest BCUT2D eigenvalue weighted by molar-refractivity contribution is -0.123. The molecule has 1 N–H and O–H groups in total. The summed E-state index contributed by atoms with van der Waals surface area (Å²) in [6.07, 6.45) is 0. The van der Waals surface area contributed by atoms with Crippen LogP contribution in [-0.4, -0.2) is 32.3 Å². The molecule has 0 spiro atoms. The minimum atomic E-state index is -0.134. The molecule has 0 aliphatic rings. The molecule has 0 aliphatic heterocycles. The molecular formula is C13H19NO3. The minimum Gasteiger partial charge on any atom is -0.484 e. The number of benzene rings is 1. The van der Waals surface area contributed by atoms with Crippen molar-refractivity contribution in [2.45, 2.75) is 13.8 Å². The zero-order valence-electron chi connectivity index (χ0n) is 10.4. The summed E-state index contributed by atoms with van der Waals surface area (Å²) in [7, 11) is 0. The molecule has 0 fully saturated rings. The minimum absolute atomic E-state index is 0.0369. The van der Waals surface area contributed by atoms with E-state index in [4.69, 9.17) is 9.47 Å². The molecule has 17 heavy (non-hydrogen) atoms. The summed E-state index contributed by atoms with van der Waals surface area (Å²) in [6.45, 7) is 5.67. The van der Waals surface area contributed by atoms with Crippen LogP contribution in [0.5, 0.6) is 5.75 Å². The summed E-state index contributed by atoms with van der Waals surface area (Å²) in [5.41, 5.74) is 1.17. The topological polar surface area (TPSA) is 47.6 Å². The summed E-state index contributed by atoms with van der Waals surface area (Å²) >= 11 is 0. The molecule has 0 heterocycles. The number of hydrogen-bond acceptors (Lipinski definition) is 3. The van der Waals surface area contributed by atoms with E-state index in [1.54, 1.807) is 0 Å². The number of nitrogens with one attached hydrogen (secondary N) is 1. The summed E-state index contributed by atoms with van der Waals surface area (Å²) in [5, 5.41) is 2.71. The van der Waals surface area contributed by atoms with Crippen molar-refractivity contribution >= 4 is 5.91 Å². The van der Waals surface area contributed by atoms with Crippen LogP contribution in [-0.2, 0) is 9.53 Å². The van der Waals surface area contributed by atoms with Gasteiger partial charge in [0.25, 0.3) is 5.91 Å². The van der Waals surface area contributed by atoms with Gasteiger partial charge in [0, 0.05) is 13.2 Å². The van der Waals surface area contributed by atoms with E-state index in [2.05, 4.69) is 5.32 Å². The molecule has 1 amide bonds. The van der Waals surface area contributed by atoms with Crippen molar-refractivity contribution in [2.24, 2.45) is 0 Å². The van der Waals surface area contributed by atoms with E-state index in [0.717, 1.165) is 0 Å². The largest absolute Gasteiger partial charge is 0.484 e. The second kappa shape index (κ2) is 7.68. The molecule has 0 aliphatic carbocycles. The molecule has 4 heteroatoms. The molecular weight excluding hydrogens is 218 g/mol. The SMILES string of the molecule is CCOCCNC(=O)COc1ccc(C)cc1. The Kier molecular flexibility index (Phi) is 6.10. The summed E-state index contributed by atoms with van der Waals surface area (Å²) in [6, 6.07) is 7.59. The van der Waals surface area contributed by atoms with Crippen molar-refractivity contribution in [3.05, 3.63) is 29.8 Å². The van der Waals surface area contributed by atoms with Crippen LogP contribution in [0.1, 0.15) is 12.5 Å². The summed E-state index contributed by atoms with van der Waals surface area (Å²) in [4.78, 5) is 11.4. The Bertz CT molecular complexity index is 335. The predicted octanol–water partition coefficient (Wildman–Crippen LogP) is 1.53. The maximum absolute atomic E-state index is 11.4. The van der Waals surface area contributed by atoms with Gasteiger partial charge in [-0.1, -0.05) is 17.7 Å².